The van der Waals surface area contributed by atoms with Gasteiger partial charge in [0.1, 0.15) is 5.78 Å². The predicted octanol–water partition coefficient (Wildman–Crippen LogP) is 3.46. The average molecular weight is 466 g/mol. The Morgan fingerprint density at radius 2 is 1.26 bits per heavy atom. The average Bonchev–Trinajstić information content (AvgIpc) is 2.62. The first-order valence-electron chi connectivity index (χ1n) is 9.81. The van der Waals surface area contributed by atoms with Crippen molar-refractivity contribution >= 4 is 31.3 Å². The summed E-state index contributed by atoms with van der Waals surface area (Å²) >= 11 is 0. The molecule has 180 valence electrons. The van der Waals surface area contributed by atoms with E-state index in [4.69, 9.17) is 23.3 Å². The van der Waals surface area contributed by atoms with Crippen molar-refractivity contribution in [3.8, 4) is 0 Å². The van der Waals surface area contributed by atoms with Crippen molar-refractivity contribution in [1.82, 2.24) is 0 Å². The van der Waals surface area contributed by atoms with E-state index in [-0.39, 0.29) is 18.6 Å². The summed E-state index contributed by atoms with van der Waals surface area (Å²) in [6.45, 7) is 9.76. The van der Waals surface area contributed by atoms with E-state index in [1.807, 2.05) is 0 Å². The van der Waals surface area contributed by atoms with Crippen LogP contribution in [0.3, 0.4) is 0 Å². The number of ether oxygens (including phenoxy) is 3. The highest BCUT2D eigenvalue weighted by atomic mass is 31.2. The molecule has 0 aliphatic carbocycles. The van der Waals surface area contributed by atoms with Crippen LogP contribution in [0.2, 0.25) is 0 Å². The van der Waals surface area contributed by atoms with Gasteiger partial charge in [-0.25, -0.2) is 0 Å². The van der Waals surface area contributed by atoms with Gasteiger partial charge in [-0.2, -0.15) is 0 Å². The fourth-order valence-corrected chi connectivity index (χ4v) is 3.58. The second kappa shape index (κ2) is 12.3. The second-order valence-corrected chi connectivity index (χ2v) is 11.2. The molecule has 10 nitrogen and oxygen atoms in total. The molecule has 0 heterocycles. The summed E-state index contributed by atoms with van der Waals surface area (Å²) in [7, 11) is -2.93. The Morgan fingerprint density at radius 3 is 1.58 bits per heavy atom. The van der Waals surface area contributed by atoms with Crippen LogP contribution in [0.1, 0.15) is 61.3 Å². The highest BCUT2D eigenvalue weighted by molar-refractivity contribution is 7.53. The highest BCUT2D eigenvalue weighted by Crippen LogP contribution is 2.50. The maximum Gasteiger partial charge on any atom is 0.337 e. The Morgan fingerprint density at radius 1 is 0.839 bits per heavy atom. The number of carbonyl (C=O) groups is 4. The van der Waals surface area contributed by atoms with Gasteiger partial charge in [0.2, 0.25) is 13.6 Å². The van der Waals surface area contributed by atoms with Gasteiger partial charge in [0.05, 0.1) is 30.0 Å². The maximum atomic E-state index is 13.2. The number of hydrogen-bond donors (Lipinski definition) is 0. The van der Waals surface area contributed by atoms with Crippen LogP contribution in [0.15, 0.2) is 0 Å². The third-order valence-electron chi connectivity index (χ3n) is 3.93. The molecule has 0 spiro atoms. The van der Waals surface area contributed by atoms with Crippen molar-refractivity contribution in [2.45, 2.75) is 61.3 Å². The van der Waals surface area contributed by atoms with Crippen molar-refractivity contribution in [1.29, 1.82) is 0 Å². The van der Waals surface area contributed by atoms with Crippen LogP contribution < -0.4 is 0 Å². The van der Waals surface area contributed by atoms with E-state index in [1.54, 1.807) is 41.5 Å². The quantitative estimate of drug-likeness (QED) is 0.182. The van der Waals surface area contributed by atoms with Crippen molar-refractivity contribution in [3.05, 3.63) is 0 Å². The lowest BCUT2D eigenvalue weighted by Gasteiger charge is -2.24. The summed E-state index contributed by atoms with van der Waals surface area (Å²) in [6, 6.07) is 0. The molecular formula is C20H35O10P. The Hall–Kier alpha value is -1.77. The molecule has 0 saturated carbocycles. The smallest absolute Gasteiger partial charge is 0.337 e. The summed E-state index contributed by atoms with van der Waals surface area (Å²) in [5.74, 6) is -3.04. The zero-order chi connectivity index (χ0) is 24.5. The van der Waals surface area contributed by atoms with Gasteiger partial charge in [0.15, 0.2) is 0 Å². The van der Waals surface area contributed by atoms with Crippen LogP contribution in [-0.4, -0.2) is 50.5 Å². The van der Waals surface area contributed by atoms with Crippen LogP contribution in [-0.2, 0) is 47.0 Å². The third kappa shape index (κ3) is 12.0. The lowest BCUT2D eigenvalue weighted by Crippen LogP contribution is -2.26. The molecule has 0 radical (unpaired) electrons. The van der Waals surface area contributed by atoms with Gasteiger partial charge in [-0.05, 0) is 54.9 Å². The lowest BCUT2D eigenvalue weighted by atomic mass is 9.98. The van der Waals surface area contributed by atoms with Gasteiger partial charge in [-0.1, -0.05) is 0 Å². The summed E-state index contributed by atoms with van der Waals surface area (Å²) in [6.07, 6.45) is -0.340. The fourth-order valence-electron chi connectivity index (χ4n) is 1.99. The van der Waals surface area contributed by atoms with Gasteiger partial charge in [0, 0.05) is 6.42 Å². The molecule has 0 aromatic heterocycles. The molecule has 0 saturated heterocycles. The number of rotatable bonds is 12. The molecule has 0 fully saturated rings. The minimum Gasteiger partial charge on any atom is -0.469 e. The number of hydrogen-bond acceptors (Lipinski definition) is 10. The molecule has 0 N–H and O–H groups in total. The molecule has 1 unspecified atom stereocenters. The summed E-state index contributed by atoms with van der Waals surface area (Å²) < 4.78 is 38.3. The summed E-state index contributed by atoms with van der Waals surface area (Å²) in [5, 5.41) is 0. The van der Waals surface area contributed by atoms with Crippen molar-refractivity contribution < 1.29 is 47.0 Å². The first-order chi connectivity index (χ1) is 14.0. The van der Waals surface area contributed by atoms with Gasteiger partial charge in [0.25, 0.3) is 0 Å². The Balaban J connectivity index is 5.34. The lowest BCUT2D eigenvalue weighted by molar-refractivity contribution is -0.162. The number of esters is 3. The van der Waals surface area contributed by atoms with Crippen LogP contribution >= 0.6 is 7.60 Å². The minimum absolute atomic E-state index is 0.0534. The first kappa shape index (κ1) is 29.2. The number of ketones is 1. The minimum atomic E-state index is -4.09. The van der Waals surface area contributed by atoms with Gasteiger partial charge >= 0.3 is 25.5 Å². The van der Waals surface area contributed by atoms with E-state index in [1.165, 1.54) is 6.92 Å². The zero-order valence-electron chi connectivity index (χ0n) is 19.6. The molecule has 31 heavy (non-hydrogen) atoms. The molecule has 0 aromatic carbocycles. The molecule has 0 rings (SSSR count). The summed E-state index contributed by atoms with van der Waals surface area (Å²) in [5.41, 5.74) is -1.63. The Kier molecular flexibility index (Phi) is 11.6. The van der Waals surface area contributed by atoms with Gasteiger partial charge in [-0.3, -0.25) is 28.0 Å². The number of Topliss-reactive ketones (excluding diaryl/α,β-unsaturated/α-hetero) is 1. The Bertz CT molecular complexity index is 651. The Labute approximate surface area is 183 Å². The molecule has 1 atom stereocenters. The fraction of sp³-hybridized carbons (Fsp3) is 0.800. The first-order valence-corrected chi connectivity index (χ1v) is 11.5. The van der Waals surface area contributed by atoms with Gasteiger partial charge in [-0.15, -0.1) is 0 Å². The van der Waals surface area contributed by atoms with Crippen molar-refractivity contribution in [2.75, 3.05) is 26.9 Å². The maximum absolute atomic E-state index is 13.2. The third-order valence-corrected chi connectivity index (χ3v) is 5.81. The van der Waals surface area contributed by atoms with E-state index in [2.05, 4.69) is 0 Å². The number of methoxy groups -OCH3 is 1. The topological polar surface area (TPSA) is 132 Å². The molecular weight excluding hydrogens is 431 g/mol. The molecule has 0 aliphatic heterocycles. The predicted molar refractivity (Wildman–Crippen MR) is 111 cm³/mol. The standard InChI is InChI=1S/C20H35O10P/c1-14(21)9-10-15(16(22)26-8)11-31(25,29-12-27-17(23)19(2,3)4)30-13-28-18(24)20(5,6)7/h15H,9-13H2,1-8H3. The van der Waals surface area contributed by atoms with E-state index >= 15 is 0 Å². The van der Waals surface area contributed by atoms with E-state index in [0.717, 1.165) is 7.11 Å². The van der Waals surface area contributed by atoms with Crippen LogP contribution in [0.25, 0.3) is 0 Å². The molecule has 0 aliphatic rings. The SMILES string of the molecule is COC(=O)C(CCC(C)=O)CP(=O)(OCOC(=O)C(C)(C)C)OCOC(=O)C(C)(C)C. The zero-order valence-corrected chi connectivity index (χ0v) is 20.5. The van der Waals surface area contributed by atoms with E-state index in [0.29, 0.717) is 0 Å². The molecule has 0 amide bonds. The van der Waals surface area contributed by atoms with E-state index in [9.17, 15) is 23.7 Å². The summed E-state index contributed by atoms with van der Waals surface area (Å²) in [4.78, 5) is 47.2. The van der Waals surface area contributed by atoms with Crippen LogP contribution in [0.4, 0.5) is 0 Å². The van der Waals surface area contributed by atoms with Gasteiger partial charge < -0.3 is 19.0 Å². The van der Waals surface area contributed by atoms with Crippen molar-refractivity contribution in [2.24, 2.45) is 16.7 Å². The molecule has 0 bridgehead atoms. The number of carbonyl (C=O) groups excluding carboxylic acids is 4. The molecule has 0 aromatic rings. The largest absolute Gasteiger partial charge is 0.469 e. The molecule has 11 heteroatoms. The monoisotopic (exact) mass is 466 g/mol. The second-order valence-electron chi connectivity index (χ2n) is 9.11. The van der Waals surface area contributed by atoms with Crippen LogP contribution in [0.5, 0.6) is 0 Å². The highest BCUT2D eigenvalue weighted by Gasteiger charge is 2.35. The van der Waals surface area contributed by atoms with Crippen LogP contribution in [0, 0.1) is 16.7 Å². The van der Waals surface area contributed by atoms with E-state index < -0.39 is 62.0 Å². The normalized spacial score (nSPS) is 13.3. The van der Waals surface area contributed by atoms with Crippen molar-refractivity contribution in [3.63, 3.8) is 0 Å².